The molecule has 0 aromatic rings. The number of hydrogen-bond donors (Lipinski definition) is 0. The minimum Gasteiger partial charge on any atom is -0.0649 e. The maximum absolute atomic E-state index is 2.68. The molecule has 3 saturated carbocycles. The molecule has 19 heavy (non-hydrogen) atoms. The van der Waals surface area contributed by atoms with Gasteiger partial charge in [0.2, 0.25) is 0 Å². The molecule has 0 bridgehead atoms. The van der Waals surface area contributed by atoms with Gasteiger partial charge in [-0.25, -0.2) is 0 Å². The van der Waals surface area contributed by atoms with Crippen molar-refractivity contribution in [2.45, 2.75) is 85.5 Å². The summed E-state index contributed by atoms with van der Waals surface area (Å²) in [4.78, 5) is 0. The fourth-order valence-corrected chi connectivity index (χ4v) is 6.42. The van der Waals surface area contributed by atoms with Crippen molar-refractivity contribution in [3.63, 3.8) is 0 Å². The minimum absolute atomic E-state index is 0.671. The van der Waals surface area contributed by atoms with Gasteiger partial charge in [-0.1, -0.05) is 47.0 Å². The summed E-state index contributed by atoms with van der Waals surface area (Å²) in [6.45, 7) is 10.2. The van der Waals surface area contributed by atoms with Crippen LogP contribution < -0.4 is 0 Å². The normalized spacial score (nSPS) is 54.3. The Balaban J connectivity index is 1.82. The Hall–Kier alpha value is 0. The molecule has 0 heterocycles. The quantitative estimate of drug-likeness (QED) is 0.539. The molecule has 0 nitrogen and oxygen atoms in total. The average Bonchev–Trinajstić information content (AvgIpc) is 2.38. The second kappa shape index (κ2) is 4.78. The average molecular weight is 262 g/mol. The lowest BCUT2D eigenvalue weighted by Crippen LogP contribution is -2.51. The molecule has 3 aliphatic carbocycles. The van der Waals surface area contributed by atoms with Crippen LogP contribution in [0.2, 0.25) is 0 Å². The van der Waals surface area contributed by atoms with E-state index in [4.69, 9.17) is 0 Å². The molecule has 0 radical (unpaired) electrons. The Kier molecular flexibility index (Phi) is 3.51. The van der Waals surface area contributed by atoms with Crippen molar-refractivity contribution < 1.29 is 0 Å². The molecule has 0 saturated heterocycles. The second-order valence-corrected chi connectivity index (χ2v) is 8.83. The van der Waals surface area contributed by atoms with E-state index >= 15 is 0 Å². The van der Waals surface area contributed by atoms with Crippen molar-refractivity contribution >= 4 is 0 Å². The van der Waals surface area contributed by atoms with Crippen LogP contribution in [-0.4, -0.2) is 0 Å². The Morgan fingerprint density at radius 3 is 2.47 bits per heavy atom. The fraction of sp³-hybridized carbons (Fsp3) is 1.00. The molecule has 0 aliphatic heterocycles. The molecular formula is C19H34. The highest BCUT2D eigenvalue weighted by Crippen LogP contribution is 2.62. The summed E-state index contributed by atoms with van der Waals surface area (Å²) in [6.07, 6.45) is 13.6. The Morgan fingerprint density at radius 2 is 1.74 bits per heavy atom. The van der Waals surface area contributed by atoms with Gasteiger partial charge in [0.1, 0.15) is 0 Å². The highest BCUT2D eigenvalue weighted by molar-refractivity contribution is 5.03. The maximum atomic E-state index is 2.68. The first-order valence-electron chi connectivity index (χ1n) is 8.98. The van der Waals surface area contributed by atoms with Crippen LogP contribution >= 0.6 is 0 Å². The summed E-state index contributed by atoms with van der Waals surface area (Å²) < 4.78 is 0. The zero-order valence-electron chi connectivity index (χ0n) is 13.7. The van der Waals surface area contributed by atoms with Gasteiger partial charge in [0.25, 0.3) is 0 Å². The van der Waals surface area contributed by atoms with Crippen LogP contribution in [0.3, 0.4) is 0 Å². The van der Waals surface area contributed by atoms with Gasteiger partial charge >= 0.3 is 0 Å². The molecule has 0 aromatic carbocycles. The summed E-state index contributed by atoms with van der Waals surface area (Å²) in [6, 6.07) is 0. The monoisotopic (exact) mass is 262 g/mol. The van der Waals surface area contributed by atoms with Gasteiger partial charge in [-0.15, -0.1) is 0 Å². The van der Waals surface area contributed by atoms with Gasteiger partial charge in [0.15, 0.2) is 0 Å². The highest BCUT2D eigenvalue weighted by atomic mass is 14.6. The summed E-state index contributed by atoms with van der Waals surface area (Å²) in [5.41, 5.74) is 1.38. The SMILES string of the molecule is CC[C@]1(C)CC[C@H]2[C@@H](CC[C@H]3[C@@H](C)CCC[C@]23C)C1. The predicted molar refractivity (Wildman–Crippen MR) is 83.1 cm³/mol. The van der Waals surface area contributed by atoms with E-state index in [2.05, 4.69) is 27.7 Å². The van der Waals surface area contributed by atoms with E-state index in [1.807, 2.05) is 0 Å². The van der Waals surface area contributed by atoms with E-state index in [1.54, 1.807) is 12.8 Å². The zero-order valence-corrected chi connectivity index (χ0v) is 13.7. The van der Waals surface area contributed by atoms with E-state index < -0.39 is 0 Å². The molecular weight excluding hydrogens is 228 g/mol. The number of hydrogen-bond acceptors (Lipinski definition) is 0. The summed E-state index contributed by atoms with van der Waals surface area (Å²) in [5, 5.41) is 0. The van der Waals surface area contributed by atoms with Gasteiger partial charge < -0.3 is 0 Å². The van der Waals surface area contributed by atoms with Gasteiger partial charge in [-0.3, -0.25) is 0 Å². The molecule has 3 aliphatic rings. The molecule has 6 atom stereocenters. The predicted octanol–water partition coefficient (Wildman–Crippen LogP) is 6.06. The molecule has 0 spiro atoms. The van der Waals surface area contributed by atoms with Crippen LogP contribution in [0, 0.1) is 34.5 Å². The van der Waals surface area contributed by atoms with E-state index in [0.717, 1.165) is 23.7 Å². The van der Waals surface area contributed by atoms with Crippen LogP contribution in [0.4, 0.5) is 0 Å². The largest absolute Gasteiger partial charge is 0.0649 e. The minimum atomic E-state index is 0.671. The van der Waals surface area contributed by atoms with Crippen molar-refractivity contribution in [2.24, 2.45) is 34.5 Å². The van der Waals surface area contributed by atoms with E-state index in [9.17, 15) is 0 Å². The molecule has 110 valence electrons. The molecule has 0 aromatic heterocycles. The molecule has 0 N–H and O–H groups in total. The number of rotatable bonds is 1. The Labute approximate surface area is 120 Å². The lowest BCUT2D eigenvalue weighted by molar-refractivity contribution is -0.0967. The highest BCUT2D eigenvalue weighted by Gasteiger charge is 2.53. The third-order valence-electron chi connectivity index (χ3n) is 7.84. The van der Waals surface area contributed by atoms with E-state index in [1.165, 1.54) is 44.9 Å². The van der Waals surface area contributed by atoms with Crippen molar-refractivity contribution in [2.75, 3.05) is 0 Å². The molecule has 3 rings (SSSR count). The lowest BCUT2D eigenvalue weighted by Gasteiger charge is -2.59. The first-order valence-corrected chi connectivity index (χ1v) is 8.98. The molecule has 0 unspecified atom stereocenters. The summed E-state index contributed by atoms with van der Waals surface area (Å²) >= 11 is 0. The Morgan fingerprint density at radius 1 is 0.947 bits per heavy atom. The third-order valence-corrected chi connectivity index (χ3v) is 7.84. The van der Waals surface area contributed by atoms with Crippen molar-refractivity contribution in [3.8, 4) is 0 Å². The standard InChI is InChI=1S/C19H34/c1-5-18(3)12-10-17-15(13-18)8-9-16-14(2)7-6-11-19(16,17)4/h14-17H,5-13H2,1-4H3/t14-,15-,16-,17-,18+,19-/m0/s1. The van der Waals surface area contributed by atoms with Gasteiger partial charge in [0.05, 0.1) is 0 Å². The first kappa shape index (κ1) is 14.0. The summed E-state index contributed by atoms with van der Waals surface area (Å²) in [5.74, 6) is 4.17. The molecule has 0 amide bonds. The van der Waals surface area contributed by atoms with Gasteiger partial charge in [-0.2, -0.15) is 0 Å². The summed E-state index contributed by atoms with van der Waals surface area (Å²) in [7, 11) is 0. The lowest BCUT2D eigenvalue weighted by atomic mass is 9.46. The van der Waals surface area contributed by atoms with Crippen LogP contribution in [-0.2, 0) is 0 Å². The fourth-order valence-electron chi connectivity index (χ4n) is 6.42. The van der Waals surface area contributed by atoms with Crippen LogP contribution in [0.25, 0.3) is 0 Å². The van der Waals surface area contributed by atoms with Crippen LogP contribution in [0.1, 0.15) is 85.5 Å². The third kappa shape index (κ3) is 2.18. The van der Waals surface area contributed by atoms with Crippen molar-refractivity contribution in [1.82, 2.24) is 0 Å². The van der Waals surface area contributed by atoms with Gasteiger partial charge in [0, 0.05) is 0 Å². The van der Waals surface area contributed by atoms with Crippen LogP contribution in [0.15, 0.2) is 0 Å². The van der Waals surface area contributed by atoms with Gasteiger partial charge in [-0.05, 0) is 73.0 Å². The Bertz CT molecular complexity index is 333. The topological polar surface area (TPSA) is 0 Å². The number of fused-ring (bicyclic) bond motifs is 3. The maximum Gasteiger partial charge on any atom is -0.0264 e. The van der Waals surface area contributed by atoms with Crippen molar-refractivity contribution in [1.29, 1.82) is 0 Å². The first-order chi connectivity index (χ1) is 8.98. The van der Waals surface area contributed by atoms with E-state index in [-0.39, 0.29) is 0 Å². The van der Waals surface area contributed by atoms with E-state index in [0.29, 0.717) is 10.8 Å². The second-order valence-electron chi connectivity index (χ2n) is 8.83. The smallest absolute Gasteiger partial charge is 0.0264 e. The molecule has 0 heteroatoms. The molecule has 3 fully saturated rings. The zero-order chi connectivity index (χ0) is 13.7. The van der Waals surface area contributed by atoms with Crippen molar-refractivity contribution in [3.05, 3.63) is 0 Å². The van der Waals surface area contributed by atoms with Crippen LogP contribution in [0.5, 0.6) is 0 Å².